The zero-order valence-electron chi connectivity index (χ0n) is 10.4. The van der Waals surface area contributed by atoms with Crippen molar-refractivity contribution in [1.29, 1.82) is 0 Å². The molecule has 0 aromatic heterocycles. The molecule has 19 heavy (non-hydrogen) atoms. The molecule has 1 heterocycles. The first-order valence-corrected chi connectivity index (χ1v) is 8.31. The highest BCUT2D eigenvalue weighted by molar-refractivity contribution is 7.99. The van der Waals surface area contributed by atoms with E-state index >= 15 is 0 Å². The highest BCUT2D eigenvalue weighted by Crippen LogP contribution is 2.33. The predicted molar refractivity (Wildman–Crippen MR) is 77.2 cm³/mol. The van der Waals surface area contributed by atoms with Crippen molar-refractivity contribution < 1.29 is 13.2 Å². The number of hydrogen-bond donors (Lipinski definition) is 1. The number of halogens is 3. The van der Waals surface area contributed by atoms with Crippen molar-refractivity contribution in [2.75, 3.05) is 22.6 Å². The fourth-order valence-corrected chi connectivity index (χ4v) is 3.82. The van der Waals surface area contributed by atoms with E-state index in [9.17, 15) is 13.2 Å². The van der Waals surface area contributed by atoms with Gasteiger partial charge in [0.15, 0.2) is 0 Å². The number of nitrogens with one attached hydrogen (secondary N) is 1. The van der Waals surface area contributed by atoms with Gasteiger partial charge in [0.25, 0.3) is 0 Å². The van der Waals surface area contributed by atoms with Crippen LogP contribution in [0.25, 0.3) is 0 Å². The van der Waals surface area contributed by atoms with E-state index < -0.39 is 11.9 Å². The standard InChI is InChI=1S/C13H16F3NS2/c14-13(15,16)9-19-12-4-2-1-3-11(12)17-10-5-7-18-8-6-10/h1-4,10,17H,5-9H2. The molecule has 6 heteroatoms. The van der Waals surface area contributed by atoms with Crippen LogP contribution in [-0.2, 0) is 0 Å². The minimum Gasteiger partial charge on any atom is -0.381 e. The molecule has 0 spiro atoms. The number of anilines is 1. The lowest BCUT2D eigenvalue weighted by Gasteiger charge is -2.24. The van der Waals surface area contributed by atoms with Crippen LogP contribution in [0.4, 0.5) is 18.9 Å². The van der Waals surface area contributed by atoms with E-state index in [1.165, 1.54) is 0 Å². The smallest absolute Gasteiger partial charge is 0.381 e. The van der Waals surface area contributed by atoms with Crippen LogP contribution in [0.15, 0.2) is 29.2 Å². The summed E-state index contributed by atoms with van der Waals surface area (Å²) in [5, 5.41) is 3.38. The molecule has 1 aliphatic rings. The van der Waals surface area contributed by atoms with Crippen molar-refractivity contribution in [3.63, 3.8) is 0 Å². The number of rotatable bonds is 4. The first-order valence-electron chi connectivity index (χ1n) is 6.17. The lowest BCUT2D eigenvalue weighted by atomic mass is 10.1. The maximum absolute atomic E-state index is 12.3. The molecule has 1 saturated heterocycles. The molecule has 0 saturated carbocycles. The molecule has 0 amide bonds. The maximum atomic E-state index is 12.3. The van der Waals surface area contributed by atoms with Gasteiger partial charge in [-0.1, -0.05) is 12.1 Å². The Hall–Kier alpha value is -0.490. The third kappa shape index (κ3) is 5.18. The minimum absolute atomic E-state index is 0.383. The van der Waals surface area contributed by atoms with Crippen LogP contribution in [0.2, 0.25) is 0 Å². The fourth-order valence-electron chi connectivity index (χ4n) is 1.93. The average molecular weight is 307 g/mol. The molecule has 1 fully saturated rings. The molecule has 1 aliphatic heterocycles. The van der Waals surface area contributed by atoms with E-state index in [-0.39, 0.29) is 0 Å². The van der Waals surface area contributed by atoms with E-state index in [2.05, 4.69) is 5.32 Å². The van der Waals surface area contributed by atoms with Crippen molar-refractivity contribution in [2.45, 2.75) is 30.0 Å². The van der Waals surface area contributed by atoms with Gasteiger partial charge in [-0.25, -0.2) is 0 Å². The van der Waals surface area contributed by atoms with Crippen molar-refractivity contribution in [1.82, 2.24) is 0 Å². The molecule has 0 radical (unpaired) electrons. The van der Waals surface area contributed by atoms with E-state index in [1.54, 1.807) is 12.1 Å². The summed E-state index contributed by atoms with van der Waals surface area (Å²) in [7, 11) is 0. The van der Waals surface area contributed by atoms with Crippen LogP contribution in [0.5, 0.6) is 0 Å². The molecule has 0 atom stereocenters. The molecular formula is C13H16F3NS2. The van der Waals surface area contributed by atoms with Crippen molar-refractivity contribution in [3.05, 3.63) is 24.3 Å². The summed E-state index contributed by atoms with van der Waals surface area (Å²) in [6.07, 6.45) is -1.98. The fraction of sp³-hybridized carbons (Fsp3) is 0.538. The summed E-state index contributed by atoms with van der Waals surface area (Å²) in [6, 6.07) is 7.63. The van der Waals surface area contributed by atoms with Gasteiger partial charge < -0.3 is 5.32 Å². The number of benzene rings is 1. The van der Waals surface area contributed by atoms with Gasteiger partial charge in [0.1, 0.15) is 0 Å². The summed E-state index contributed by atoms with van der Waals surface area (Å²) < 4.78 is 36.9. The van der Waals surface area contributed by atoms with E-state index in [1.807, 2.05) is 23.9 Å². The Morgan fingerprint density at radius 1 is 1.21 bits per heavy atom. The SMILES string of the molecule is FC(F)(F)CSc1ccccc1NC1CCSCC1. The number of para-hydroxylation sites is 1. The summed E-state index contributed by atoms with van der Waals surface area (Å²) >= 11 is 2.78. The third-order valence-corrected chi connectivity index (χ3v) is 5.05. The highest BCUT2D eigenvalue weighted by Gasteiger charge is 2.27. The average Bonchev–Trinajstić information content (AvgIpc) is 2.38. The second-order valence-corrected chi connectivity index (χ2v) is 6.67. The number of thioether (sulfide) groups is 2. The van der Waals surface area contributed by atoms with Crippen molar-refractivity contribution in [2.24, 2.45) is 0 Å². The second kappa shape index (κ2) is 6.79. The van der Waals surface area contributed by atoms with Crippen molar-refractivity contribution >= 4 is 29.2 Å². The largest absolute Gasteiger partial charge is 0.398 e. The minimum atomic E-state index is -4.13. The summed E-state index contributed by atoms with van der Waals surface area (Å²) in [5.41, 5.74) is 0.827. The molecule has 2 rings (SSSR count). The molecule has 0 aliphatic carbocycles. The first kappa shape index (κ1) is 14.9. The van der Waals surface area contributed by atoms with Gasteiger partial charge in [-0.2, -0.15) is 24.9 Å². The summed E-state index contributed by atoms with van der Waals surface area (Å²) in [4.78, 5) is 0.679. The van der Waals surface area contributed by atoms with Crippen LogP contribution < -0.4 is 5.32 Å². The van der Waals surface area contributed by atoms with Gasteiger partial charge in [-0.05, 0) is 36.5 Å². The molecule has 106 valence electrons. The van der Waals surface area contributed by atoms with Crippen molar-refractivity contribution in [3.8, 4) is 0 Å². The van der Waals surface area contributed by atoms with E-state index in [4.69, 9.17) is 0 Å². The van der Waals surface area contributed by atoms with Crippen LogP contribution in [0, 0.1) is 0 Å². The molecule has 0 unspecified atom stereocenters. The lowest BCUT2D eigenvalue weighted by Crippen LogP contribution is -2.24. The van der Waals surface area contributed by atoms with Gasteiger partial charge >= 0.3 is 6.18 Å². The Morgan fingerprint density at radius 2 is 1.89 bits per heavy atom. The molecule has 0 bridgehead atoms. The zero-order chi connectivity index (χ0) is 13.7. The normalized spacial score (nSPS) is 17.4. The Labute approximate surface area is 119 Å². The number of alkyl halides is 3. The molecule has 1 aromatic rings. The van der Waals surface area contributed by atoms with Gasteiger partial charge in [0, 0.05) is 16.6 Å². The van der Waals surface area contributed by atoms with E-state index in [0.717, 1.165) is 41.8 Å². The first-order chi connectivity index (χ1) is 9.04. The van der Waals surface area contributed by atoms with Gasteiger partial charge in [0.2, 0.25) is 0 Å². The van der Waals surface area contributed by atoms with Crippen LogP contribution in [-0.4, -0.2) is 29.5 Å². The quantitative estimate of drug-likeness (QED) is 0.813. The maximum Gasteiger partial charge on any atom is 0.398 e. The second-order valence-electron chi connectivity index (χ2n) is 4.43. The third-order valence-electron chi connectivity index (χ3n) is 2.86. The monoisotopic (exact) mass is 307 g/mol. The lowest BCUT2D eigenvalue weighted by molar-refractivity contribution is -0.105. The summed E-state index contributed by atoms with van der Waals surface area (Å²) in [6.45, 7) is 0. The Morgan fingerprint density at radius 3 is 2.58 bits per heavy atom. The predicted octanol–water partition coefficient (Wildman–Crippen LogP) is 4.65. The van der Waals surface area contributed by atoms with Gasteiger partial charge in [0.05, 0.1) is 5.75 Å². The van der Waals surface area contributed by atoms with Crippen LogP contribution in [0.3, 0.4) is 0 Å². The van der Waals surface area contributed by atoms with Crippen LogP contribution in [0.1, 0.15) is 12.8 Å². The van der Waals surface area contributed by atoms with Gasteiger partial charge in [-0.15, -0.1) is 11.8 Å². The Bertz CT molecular complexity index is 403. The zero-order valence-corrected chi connectivity index (χ0v) is 12.0. The number of hydrogen-bond acceptors (Lipinski definition) is 3. The highest BCUT2D eigenvalue weighted by atomic mass is 32.2. The Balaban J connectivity index is 1.99. The van der Waals surface area contributed by atoms with Gasteiger partial charge in [-0.3, -0.25) is 0 Å². The van der Waals surface area contributed by atoms with Crippen LogP contribution >= 0.6 is 23.5 Å². The molecule has 1 N–H and O–H groups in total. The van der Waals surface area contributed by atoms with E-state index in [0.29, 0.717) is 10.9 Å². The molecular weight excluding hydrogens is 291 g/mol. The summed E-state index contributed by atoms with van der Waals surface area (Å²) in [5.74, 6) is 1.40. The topological polar surface area (TPSA) is 12.0 Å². The molecule has 1 aromatic carbocycles. The molecule has 1 nitrogen and oxygen atoms in total. The Kier molecular flexibility index (Phi) is 5.33.